The molecule has 0 fully saturated rings. The molecule has 1 aliphatic rings. The summed E-state index contributed by atoms with van der Waals surface area (Å²) < 4.78 is 0. The third kappa shape index (κ3) is 4.14. The Morgan fingerprint density at radius 2 is 1.87 bits per heavy atom. The third-order valence-corrected chi connectivity index (χ3v) is 5.91. The van der Waals surface area contributed by atoms with E-state index in [9.17, 15) is 4.79 Å². The first kappa shape index (κ1) is 20.3. The number of hydrogen-bond donors (Lipinski definition) is 1. The van der Waals surface area contributed by atoms with E-state index < -0.39 is 0 Å². The maximum Gasteiger partial charge on any atom is 0.273 e. The lowest BCUT2D eigenvalue weighted by atomic mass is 9.99. The summed E-state index contributed by atoms with van der Waals surface area (Å²) >= 11 is 0. The molecular formula is C24H29N5O. The van der Waals surface area contributed by atoms with Crippen LogP contribution in [0.1, 0.15) is 45.4 Å². The molecule has 4 rings (SSSR count). The van der Waals surface area contributed by atoms with Crippen LogP contribution in [0, 0.1) is 20.8 Å². The van der Waals surface area contributed by atoms with Gasteiger partial charge in [-0.1, -0.05) is 42.0 Å². The van der Waals surface area contributed by atoms with Crippen molar-refractivity contribution >= 4 is 5.91 Å². The summed E-state index contributed by atoms with van der Waals surface area (Å²) in [4.78, 5) is 16.8. The van der Waals surface area contributed by atoms with E-state index in [0.29, 0.717) is 17.9 Å². The van der Waals surface area contributed by atoms with Crippen LogP contribution >= 0.6 is 0 Å². The van der Waals surface area contributed by atoms with Crippen molar-refractivity contribution < 1.29 is 4.79 Å². The average molecular weight is 404 g/mol. The van der Waals surface area contributed by atoms with Gasteiger partial charge in [-0.2, -0.15) is 9.90 Å². The summed E-state index contributed by atoms with van der Waals surface area (Å²) in [6, 6.07) is 15.0. The molecule has 1 unspecified atom stereocenters. The maximum atomic E-state index is 12.8. The maximum absolute atomic E-state index is 12.8. The number of benzene rings is 2. The molecule has 2 heterocycles. The van der Waals surface area contributed by atoms with Crippen LogP contribution in [-0.4, -0.2) is 44.9 Å². The number of carbonyl (C=O) groups excluding carboxylic acids is 1. The Hall–Kier alpha value is -2.99. The predicted octanol–water partition coefficient (Wildman–Crippen LogP) is 3.37. The smallest absolute Gasteiger partial charge is 0.273 e. The monoisotopic (exact) mass is 403 g/mol. The van der Waals surface area contributed by atoms with Crippen LogP contribution in [0.4, 0.5) is 0 Å². The fourth-order valence-electron chi connectivity index (χ4n) is 4.07. The molecule has 0 saturated carbocycles. The molecule has 1 amide bonds. The minimum absolute atomic E-state index is 0.173. The van der Waals surface area contributed by atoms with Gasteiger partial charge in [-0.25, -0.2) is 0 Å². The van der Waals surface area contributed by atoms with Gasteiger partial charge >= 0.3 is 0 Å². The number of nitrogens with one attached hydrogen (secondary N) is 1. The van der Waals surface area contributed by atoms with Gasteiger partial charge in [-0.3, -0.25) is 9.69 Å². The van der Waals surface area contributed by atoms with Crippen molar-refractivity contribution in [2.75, 3.05) is 13.1 Å². The minimum Gasteiger partial charge on any atom is -0.349 e. The quantitative estimate of drug-likeness (QED) is 0.710. The highest BCUT2D eigenvalue weighted by molar-refractivity contribution is 5.93. The van der Waals surface area contributed by atoms with Gasteiger partial charge in [-0.15, -0.1) is 5.10 Å². The number of amides is 1. The van der Waals surface area contributed by atoms with Crippen molar-refractivity contribution in [1.82, 2.24) is 25.2 Å². The van der Waals surface area contributed by atoms with E-state index in [0.717, 1.165) is 30.8 Å². The first-order valence-electron chi connectivity index (χ1n) is 10.5. The Kier molecular flexibility index (Phi) is 5.68. The number of carbonyl (C=O) groups is 1. The predicted molar refractivity (Wildman–Crippen MR) is 118 cm³/mol. The Balaban J connectivity index is 1.40. The number of hydrogen-bond acceptors (Lipinski definition) is 4. The fraction of sp³-hybridized carbons (Fsp3) is 0.375. The summed E-state index contributed by atoms with van der Waals surface area (Å²) in [7, 11) is 0. The Morgan fingerprint density at radius 3 is 2.63 bits per heavy atom. The molecule has 1 N–H and O–H groups in total. The zero-order chi connectivity index (χ0) is 21.3. The topological polar surface area (TPSA) is 63.1 Å². The first-order chi connectivity index (χ1) is 14.4. The Labute approximate surface area is 177 Å². The lowest BCUT2D eigenvalue weighted by molar-refractivity contribution is 0.0926. The number of aromatic nitrogens is 3. The van der Waals surface area contributed by atoms with Crippen LogP contribution in [0.25, 0.3) is 5.69 Å². The van der Waals surface area contributed by atoms with Crippen molar-refractivity contribution in [2.24, 2.45) is 0 Å². The summed E-state index contributed by atoms with van der Waals surface area (Å²) in [5.41, 5.74) is 6.99. The molecule has 2 aromatic carbocycles. The van der Waals surface area contributed by atoms with Gasteiger partial charge in [0.1, 0.15) is 0 Å². The second-order valence-electron chi connectivity index (χ2n) is 8.26. The molecule has 30 heavy (non-hydrogen) atoms. The van der Waals surface area contributed by atoms with Crippen LogP contribution in [0.3, 0.4) is 0 Å². The van der Waals surface area contributed by atoms with E-state index >= 15 is 0 Å². The van der Waals surface area contributed by atoms with Gasteiger partial charge < -0.3 is 5.32 Å². The molecule has 0 spiro atoms. The van der Waals surface area contributed by atoms with Crippen molar-refractivity contribution in [3.63, 3.8) is 0 Å². The molecule has 1 aromatic heterocycles. The fourth-order valence-corrected chi connectivity index (χ4v) is 4.07. The van der Waals surface area contributed by atoms with Crippen LogP contribution in [0.5, 0.6) is 0 Å². The van der Waals surface area contributed by atoms with Gasteiger partial charge in [-0.05, 0) is 56.9 Å². The minimum atomic E-state index is -0.173. The number of aryl methyl sites for hydroxylation is 3. The Morgan fingerprint density at radius 1 is 1.10 bits per heavy atom. The van der Waals surface area contributed by atoms with E-state index in [-0.39, 0.29) is 11.9 Å². The number of nitrogens with zero attached hydrogens (tertiary/aromatic N) is 4. The highest BCUT2D eigenvalue weighted by Gasteiger charge is 2.22. The van der Waals surface area contributed by atoms with Crippen molar-refractivity contribution in [2.45, 2.75) is 46.7 Å². The van der Waals surface area contributed by atoms with Gasteiger partial charge in [0.05, 0.1) is 11.4 Å². The number of rotatable bonds is 5. The van der Waals surface area contributed by atoms with E-state index in [1.165, 1.54) is 16.7 Å². The lowest BCUT2D eigenvalue weighted by Gasteiger charge is -2.33. The van der Waals surface area contributed by atoms with Gasteiger partial charge in [0.2, 0.25) is 0 Å². The molecule has 156 valence electrons. The molecule has 0 aliphatic carbocycles. The second-order valence-corrected chi connectivity index (χ2v) is 8.26. The lowest BCUT2D eigenvalue weighted by Crippen LogP contribution is -2.44. The largest absolute Gasteiger partial charge is 0.349 e. The summed E-state index contributed by atoms with van der Waals surface area (Å²) in [6.07, 6.45) is 1.05. The average Bonchev–Trinajstić information content (AvgIpc) is 3.12. The van der Waals surface area contributed by atoms with Crippen LogP contribution in [-0.2, 0) is 13.0 Å². The molecule has 1 atom stereocenters. The third-order valence-electron chi connectivity index (χ3n) is 5.91. The number of fused-ring (bicyclic) bond motifs is 1. The molecule has 0 bridgehead atoms. The van der Waals surface area contributed by atoms with Crippen LogP contribution in [0.15, 0.2) is 42.5 Å². The first-order valence-corrected chi connectivity index (χ1v) is 10.5. The van der Waals surface area contributed by atoms with E-state index in [2.05, 4.69) is 64.6 Å². The molecule has 6 heteroatoms. The molecule has 0 saturated heterocycles. The van der Waals surface area contributed by atoms with Crippen molar-refractivity contribution in [3.05, 3.63) is 76.1 Å². The van der Waals surface area contributed by atoms with Crippen LogP contribution in [0.2, 0.25) is 0 Å². The van der Waals surface area contributed by atoms with Gasteiger partial charge in [0.15, 0.2) is 5.69 Å². The standard InChI is InChI=1S/C24H29N5O/c1-16-9-10-22(17(2)13-16)29-26-19(4)23(27-29)24(30)25-14-18(3)28-12-11-20-7-5-6-8-21(20)15-28/h5-10,13,18H,11-12,14-15H2,1-4H3,(H,25,30). The molecule has 1 aliphatic heterocycles. The van der Waals surface area contributed by atoms with Gasteiger partial charge in [0.25, 0.3) is 5.91 Å². The zero-order valence-electron chi connectivity index (χ0n) is 18.1. The van der Waals surface area contributed by atoms with E-state index in [1.54, 1.807) is 4.80 Å². The molecule has 3 aromatic rings. The Bertz CT molecular complexity index is 1070. The zero-order valence-corrected chi connectivity index (χ0v) is 18.1. The van der Waals surface area contributed by atoms with Crippen LogP contribution < -0.4 is 5.32 Å². The van der Waals surface area contributed by atoms with E-state index in [4.69, 9.17) is 0 Å². The summed E-state index contributed by atoms with van der Waals surface area (Å²) in [6.45, 7) is 10.6. The molecule has 0 radical (unpaired) electrons. The van der Waals surface area contributed by atoms with E-state index in [1.807, 2.05) is 26.0 Å². The summed E-state index contributed by atoms with van der Waals surface area (Å²) in [5.74, 6) is -0.173. The van der Waals surface area contributed by atoms with Crippen molar-refractivity contribution in [3.8, 4) is 5.69 Å². The van der Waals surface area contributed by atoms with Gasteiger partial charge in [0, 0.05) is 25.7 Å². The molecular weight excluding hydrogens is 374 g/mol. The summed E-state index contributed by atoms with van der Waals surface area (Å²) in [5, 5.41) is 12.0. The SMILES string of the molecule is Cc1ccc(-n2nc(C)c(C(=O)NCC(C)N3CCc4ccccc4C3)n2)c(C)c1. The molecule has 6 nitrogen and oxygen atoms in total. The normalized spacial score (nSPS) is 14.9. The highest BCUT2D eigenvalue weighted by atomic mass is 16.2. The highest BCUT2D eigenvalue weighted by Crippen LogP contribution is 2.20. The second kappa shape index (κ2) is 8.40. The van der Waals surface area contributed by atoms with Crippen molar-refractivity contribution in [1.29, 1.82) is 0 Å².